The number of hydrogen-bond acceptors (Lipinski definition) is 4. The highest BCUT2D eigenvalue weighted by Crippen LogP contribution is 2.56. The zero-order valence-corrected chi connectivity index (χ0v) is 18.6. The van der Waals surface area contributed by atoms with Crippen LogP contribution in [-0.4, -0.2) is 35.5 Å². The van der Waals surface area contributed by atoms with E-state index in [1.165, 1.54) is 83.5 Å². The molecule has 3 atom stereocenters. The summed E-state index contributed by atoms with van der Waals surface area (Å²) in [6.45, 7) is 3.91. The second-order valence-corrected chi connectivity index (χ2v) is 9.04. The minimum atomic E-state index is -0.962. The molecule has 0 aromatic carbocycles. The Morgan fingerprint density at radius 3 is 1.75 bits per heavy atom. The van der Waals surface area contributed by atoms with Crippen LogP contribution in [0.2, 0.25) is 0 Å². The molecule has 4 nitrogen and oxygen atoms in total. The fourth-order valence-corrected chi connectivity index (χ4v) is 4.23. The lowest BCUT2D eigenvalue weighted by Crippen LogP contribution is -2.27. The molecule has 1 fully saturated rings. The maximum absolute atomic E-state index is 12.3. The Balaban J connectivity index is 1.94. The van der Waals surface area contributed by atoms with Crippen molar-refractivity contribution in [3.63, 3.8) is 0 Å². The quantitative estimate of drug-likeness (QED) is 0.214. The van der Waals surface area contributed by atoms with E-state index in [4.69, 9.17) is 9.84 Å². The summed E-state index contributed by atoms with van der Waals surface area (Å²) in [6, 6.07) is 0. The molecule has 2 N–H and O–H groups in total. The summed E-state index contributed by atoms with van der Waals surface area (Å²) in [4.78, 5) is 12.3. The van der Waals surface area contributed by atoms with Gasteiger partial charge in [-0.2, -0.15) is 0 Å². The molecule has 1 rings (SSSR count). The molecule has 0 heterocycles. The van der Waals surface area contributed by atoms with Gasteiger partial charge in [0.05, 0.1) is 12.0 Å². The van der Waals surface area contributed by atoms with Gasteiger partial charge in [0.25, 0.3) is 0 Å². The standard InChI is InChI=1S/C24H46O4/c1-3-4-5-6-7-8-9-10-11-12-13-14-15-16-17-24(18-21(24)2)23(27)28-20-22(26)19-25/h21-22,25-26H,3-20H2,1-2H3. The highest BCUT2D eigenvalue weighted by atomic mass is 16.5. The number of ether oxygens (including phenoxy) is 1. The maximum Gasteiger partial charge on any atom is 0.312 e. The van der Waals surface area contributed by atoms with E-state index in [9.17, 15) is 9.90 Å². The second-order valence-electron chi connectivity index (χ2n) is 9.04. The van der Waals surface area contributed by atoms with Crippen LogP contribution in [0.3, 0.4) is 0 Å². The van der Waals surface area contributed by atoms with Crippen molar-refractivity contribution < 1.29 is 19.7 Å². The average Bonchev–Trinajstić information content (AvgIpc) is 3.36. The van der Waals surface area contributed by atoms with E-state index in [1.807, 2.05) is 0 Å². The van der Waals surface area contributed by atoms with Crippen molar-refractivity contribution in [2.75, 3.05) is 13.2 Å². The smallest absolute Gasteiger partial charge is 0.312 e. The maximum atomic E-state index is 12.3. The minimum Gasteiger partial charge on any atom is -0.462 e. The summed E-state index contributed by atoms with van der Waals surface area (Å²) >= 11 is 0. The first-order valence-electron chi connectivity index (χ1n) is 12.0. The van der Waals surface area contributed by atoms with Gasteiger partial charge in [0.1, 0.15) is 12.7 Å². The molecule has 0 spiro atoms. The van der Waals surface area contributed by atoms with Gasteiger partial charge < -0.3 is 14.9 Å². The summed E-state index contributed by atoms with van der Waals surface area (Å²) in [5.74, 6) is 0.204. The number of aliphatic hydroxyl groups excluding tert-OH is 2. The van der Waals surface area contributed by atoms with Gasteiger partial charge in [-0.15, -0.1) is 0 Å². The Morgan fingerprint density at radius 2 is 1.36 bits per heavy atom. The lowest BCUT2D eigenvalue weighted by Gasteiger charge is -2.17. The van der Waals surface area contributed by atoms with E-state index in [0.29, 0.717) is 5.92 Å². The largest absolute Gasteiger partial charge is 0.462 e. The molecule has 1 saturated carbocycles. The Labute approximate surface area is 173 Å². The van der Waals surface area contributed by atoms with Crippen LogP contribution in [0, 0.1) is 11.3 Å². The van der Waals surface area contributed by atoms with Crippen LogP contribution < -0.4 is 0 Å². The van der Waals surface area contributed by atoms with Gasteiger partial charge in [-0.1, -0.05) is 104 Å². The number of hydrogen-bond donors (Lipinski definition) is 2. The van der Waals surface area contributed by atoms with Gasteiger partial charge >= 0.3 is 5.97 Å². The van der Waals surface area contributed by atoms with Crippen molar-refractivity contribution in [3.05, 3.63) is 0 Å². The second kappa shape index (κ2) is 15.3. The number of aliphatic hydroxyl groups is 2. The van der Waals surface area contributed by atoms with Gasteiger partial charge in [-0.3, -0.25) is 4.79 Å². The molecule has 28 heavy (non-hydrogen) atoms. The SMILES string of the molecule is CCCCCCCCCCCCCCCCC1(C(=O)OCC(O)CO)CC1C. The van der Waals surface area contributed by atoms with Gasteiger partial charge in [0, 0.05) is 0 Å². The normalized spacial score (nSPS) is 22.2. The van der Waals surface area contributed by atoms with Gasteiger partial charge in [-0.25, -0.2) is 0 Å². The van der Waals surface area contributed by atoms with Crippen LogP contribution in [0.4, 0.5) is 0 Å². The number of esters is 1. The topological polar surface area (TPSA) is 66.8 Å². The van der Waals surface area contributed by atoms with Crippen LogP contribution in [0.15, 0.2) is 0 Å². The number of rotatable bonds is 19. The van der Waals surface area contributed by atoms with Crippen molar-refractivity contribution in [1.82, 2.24) is 0 Å². The lowest BCUT2D eigenvalue weighted by atomic mass is 9.95. The average molecular weight is 399 g/mol. The fraction of sp³-hybridized carbons (Fsp3) is 0.958. The van der Waals surface area contributed by atoms with Crippen LogP contribution >= 0.6 is 0 Å². The van der Waals surface area contributed by atoms with E-state index < -0.39 is 6.10 Å². The van der Waals surface area contributed by atoms with Gasteiger partial charge in [-0.05, 0) is 18.8 Å². The molecule has 0 aromatic heterocycles. The van der Waals surface area contributed by atoms with E-state index in [2.05, 4.69) is 13.8 Å². The van der Waals surface area contributed by atoms with E-state index in [1.54, 1.807) is 0 Å². The molecular weight excluding hydrogens is 352 g/mol. The van der Waals surface area contributed by atoms with Crippen molar-refractivity contribution in [2.24, 2.45) is 11.3 Å². The summed E-state index contributed by atoms with van der Waals surface area (Å²) < 4.78 is 5.21. The molecule has 1 aliphatic carbocycles. The monoisotopic (exact) mass is 398 g/mol. The van der Waals surface area contributed by atoms with Crippen molar-refractivity contribution in [3.8, 4) is 0 Å². The molecule has 0 bridgehead atoms. The zero-order chi connectivity index (χ0) is 20.7. The molecule has 0 radical (unpaired) electrons. The summed E-state index contributed by atoms with van der Waals surface area (Å²) in [5.41, 5.74) is -0.313. The molecule has 1 aliphatic rings. The van der Waals surface area contributed by atoms with Crippen LogP contribution in [0.25, 0.3) is 0 Å². The number of carbonyl (C=O) groups excluding carboxylic acids is 1. The molecule has 0 aromatic rings. The Bertz CT molecular complexity index is 398. The summed E-state index contributed by atoms with van der Waals surface area (Å²) in [6.07, 6.45) is 19.6. The molecule has 166 valence electrons. The minimum absolute atomic E-state index is 0.0947. The molecule has 4 heteroatoms. The van der Waals surface area contributed by atoms with Crippen LogP contribution in [0.1, 0.15) is 117 Å². The Hall–Kier alpha value is -0.610. The fourth-order valence-electron chi connectivity index (χ4n) is 4.23. The zero-order valence-electron chi connectivity index (χ0n) is 18.6. The molecule has 3 unspecified atom stereocenters. The number of carbonyl (C=O) groups is 1. The Kier molecular flexibility index (Phi) is 13.9. The Morgan fingerprint density at radius 1 is 0.929 bits per heavy atom. The highest BCUT2D eigenvalue weighted by molar-refractivity contribution is 5.80. The third-order valence-corrected chi connectivity index (χ3v) is 6.45. The predicted octanol–water partition coefficient (Wildman–Crippen LogP) is 5.78. The highest BCUT2D eigenvalue weighted by Gasteiger charge is 2.57. The van der Waals surface area contributed by atoms with E-state index in [-0.39, 0.29) is 24.6 Å². The molecular formula is C24H46O4. The van der Waals surface area contributed by atoms with Crippen molar-refractivity contribution in [2.45, 2.75) is 123 Å². The molecule has 0 aliphatic heterocycles. The van der Waals surface area contributed by atoms with Gasteiger partial charge in [0.15, 0.2) is 0 Å². The summed E-state index contributed by atoms with van der Waals surface area (Å²) in [5, 5.41) is 18.2. The van der Waals surface area contributed by atoms with Crippen molar-refractivity contribution >= 4 is 5.97 Å². The third kappa shape index (κ3) is 10.2. The predicted molar refractivity (Wildman–Crippen MR) is 115 cm³/mol. The third-order valence-electron chi connectivity index (χ3n) is 6.45. The summed E-state index contributed by atoms with van der Waals surface area (Å²) in [7, 11) is 0. The molecule has 0 saturated heterocycles. The lowest BCUT2D eigenvalue weighted by molar-refractivity contribution is -0.154. The van der Waals surface area contributed by atoms with Crippen LogP contribution in [0.5, 0.6) is 0 Å². The first-order chi connectivity index (χ1) is 13.6. The van der Waals surface area contributed by atoms with Crippen LogP contribution in [-0.2, 0) is 9.53 Å². The van der Waals surface area contributed by atoms with Gasteiger partial charge in [0.2, 0.25) is 0 Å². The molecule has 0 amide bonds. The number of unbranched alkanes of at least 4 members (excludes halogenated alkanes) is 13. The van der Waals surface area contributed by atoms with E-state index in [0.717, 1.165) is 19.3 Å². The van der Waals surface area contributed by atoms with Crippen molar-refractivity contribution in [1.29, 1.82) is 0 Å². The first kappa shape index (κ1) is 25.4. The first-order valence-corrected chi connectivity index (χ1v) is 12.0. The van der Waals surface area contributed by atoms with E-state index >= 15 is 0 Å².